The van der Waals surface area contributed by atoms with Crippen LogP contribution < -0.4 is 10.6 Å². The van der Waals surface area contributed by atoms with Crippen LogP contribution in [0.2, 0.25) is 0 Å². The first kappa shape index (κ1) is 21.2. The van der Waals surface area contributed by atoms with Gasteiger partial charge in [0.2, 0.25) is 11.7 Å². The first-order chi connectivity index (χ1) is 14.3. The van der Waals surface area contributed by atoms with E-state index in [1.54, 1.807) is 12.1 Å². The van der Waals surface area contributed by atoms with Crippen molar-refractivity contribution in [1.29, 1.82) is 0 Å². The molecule has 0 radical (unpaired) electrons. The number of hydrogen-bond acceptors (Lipinski definition) is 8. The number of carbonyl (C=O) groups is 3. The molecule has 2 aromatic rings. The summed E-state index contributed by atoms with van der Waals surface area (Å²) in [6, 6.07) is 3.41. The Morgan fingerprint density at radius 2 is 2.03 bits per heavy atom. The van der Waals surface area contributed by atoms with Gasteiger partial charge in [-0.15, -0.1) is 0 Å². The lowest BCUT2D eigenvalue weighted by atomic mass is 9.93. The number of allylic oxidation sites excluding steroid dienone is 1. The molecule has 2 amide bonds. The van der Waals surface area contributed by atoms with Gasteiger partial charge in [0.1, 0.15) is 23.0 Å². The molecule has 0 fully saturated rings. The maximum absolute atomic E-state index is 12.9. The first-order valence-corrected chi connectivity index (χ1v) is 10.0. The minimum Gasteiger partial charge on any atom is -0.507 e. The van der Waals surface area contributed by atoms with Crippen LogP contribution in [0.15, 0.2) is 23.9 Å². The van der Waals surface area contributed by atoms with Gasteiger partial charge >= 0.3 is 6.09 Å². The molecular formula is C19H21N5O5S. The Hall–Kier alpha value is -3.47. The lowest BCUT2D eigenvalue weighted by Gasteiger charge is -2.14. The van der Waals surface area contributed by atoms with Crippen molar-refractivity contribution in [2.45, 2.75) is 19.8 Å². The van der Waals surface area contributed by atoms with Crippen molar-refractivity contribution in [3.8, 4) is 0 Å². The fraction of sp³-hybridized carbons (Fsp3) is 0.316. The second-order valence-electron chi connectivity index (χ2n) is 6.60. The first-order valence-electron chi connectivity index (χ1n) is 9.20. The standard InChI is InChI=1S/C19H21N5O5S/c1-3-20-13-7-4-10(8-21-13)15(26)11-5-6-12-17(16(11)27)30-18(22-12)23-14(25)9-24(2)19(28)29/h4,7-8,26H,3,5-6,9H2,1-2H3,(H,20,21)(H,28,29)(H,22,23,25). The van der Waals surface area contributed by atoms with Gasteiger partial charge in [-0.3, -0.25) is 9.59 Å². The van der Waals surface area contributed by atoms with E-state index in [1.165, 1.54) is 13.2 Å². The number of aliphatic hydroxyl groups excluding tert-OH is 1. The van der Waals surface area contributed by atoms with Crippen molar-refractivity contribution >= 4 is 45.8 Å². The number of nitrogens with one attached hydrogen (secondary N) is 2. The summed E-state index contributed by atoms with van der Waals surface area (Å²) in [6.45, 7) is 2.32. The van der Waals surface area contributed by atoms with Crippen LogP contribution in [0.1, 0.15) is 34.3 Å². The second-order valence-corrected chi connectivity index (χ2v) is 7.60. The van der Waals surface area contributed by atoms with Crippen molar-refractivity contribution in [3.05, 3.63) is 40.0 Å². The van der Waals surface area contributed by atoms with E-state index >= 15 is 0 Å². The maximum Gasteiger partial charge on any atom is 0.407 e. The molecule has 158 valence electrons. The average molecular weight is 431 g/mol. The molecule has 0 aromatic carbocycles. The third-order valence-corrected chi connectivity index (χ3v) is 5.44. The number of amides is 2. The minimum atomic E-state index is -1.22. The molecule has 1 aliphatic rings. The third kappa shape index (κ3) is 4.57. The van der Waals surface area contributed by atoms with Crippen molar-refractivity contribution in [3.63, 3.8) is 0 Å². The SMILES string of the molecule is CCNc1ccc(C(O)=C2CCc3nc(NC(=O)CN(C)C(=O)O)sc3C2=O)cn1. The molecule has 30 heavy (non-hydrogen) atoms. The lowest BCUT2D eigenvalue weighted by molar-refractivity contribution is -0.116. The molecule has 0 unspecified atom stereocenters. The number of pyridine rings is 1. The van der Waals surface area contributed by atoms with Crippen molar-refractivity contribution < 1.29 is 24.6 Å². The summed E-state index contributed by atoms with van der Waals surface area (Å²) >= 11 is 1.00. The van der Waals surface area contributed by atoms with Gasteiger partial charge in [-0.05, 0) is 31.9 Å². The van der Waals surface area contributed by atoms with Crippen LogP contribution in [0.4, 0.5) is 15.7 Å². The number of ketones is 1. The molecule has 0 saturated carbocycles. The van der Waals surface area contributed by atoms with Crippen LogP contribution in [0, 0.1) is 0 Å². The van der Waals surface area contributed by atoms with Crippen molar-refractivity contribution in [1.82, 2.24) is 14.9 Å². The summed E-state index contributed by atoms with van der Waals surface area (Å²) in [5.74, 6) is -0.343. The number of carboxylic acid groups (broad SMARTS) is 1. The predicted octanol–water partition coefficient (Wildman–Crippen LogP) is 2.62. The quantitative estimate of drug-likeness (QED) is 0.403. The number of aryl methyl sites for hydroxylation is 1. The number of nitrogens with zero attached hydrogens (tertiary/aromatic N) is 3. The lowest BCUT2D eigenvalue weighted by Crippen LogP contribution is -2.33. The molecular weight excluding hydrogens is 410 g/mol. The highest BCUT2D eigenvalue weighted by atomic mass is 32.1. The van der Waals surface area contributed by atoms with E-state index in [1.807, 2.05) is 6.92 Å². The van der Waals surface area contributed by atoms with E-state index in [0.717, 1.165) is 22.8 Å². The minimum absolute atomic E-state index is 0.122. The number of Topliss-reactive ketones (excluding diaryl/α,β-unsaturated/α-hetero) is 1. The monoisotopic (exact) mass is 431 g/mol. The van der Waals surface area contributed by atoms with E-state index in [4.69, 9.17) is 5.11 Å². The fourth-order valence-corrected chi connectivity index (χ4v) is 3.90. The van der Waals surface area contributed by atoms with Crippen LogP contribution in [0.5, 0.6) is 0 Å². The summed E-state index contributed by atoms with van der Waals surface area (Å²) in [4.78, 5) is 45.3. The van der Waals surface area contributed by atoms with E-state index in [0.29, 0.717) is 34.8 Å². The summed E-state index contributed by atoms with van der Waals surface area (Å²) in [5.41, 5.74) is 1.26. The van der Waals surface area contributed by atoms with Gasteiger partial charge in [-0.1, -0.05) is 11.3 Å². The number of fused-ring (bicyclic) bond motifs is 1. The van der Waals surface area contributed by atoms with Gasteiger partial charge in [-0.2, -0.15) is 0 Å². The van der Waals surface area contributed by atoms with Crippen molar-refractivity contribution in [2.24, 2.45) is 0 Å². The Kier molecular flexibility index (Phi) is 6.31. The zero-order chi connectivity index (χ0) is 21.8. The molecule has 0 aliphatic heterocycles. The highest BCUT2D eigenvalue weighted by Gasteiger charge is 2.29. The Balaban J connectivity index is 1.77. The van der Waals surface area contributed by atoms with Gasteiger partial charge in [0.15, 0.2) is 5.13 Å². The zero-order valence-corrected chi connectivity index (χ0v) is 17.2. The normalized spacial score (nSPS) is 14.7. The smallest absolute Gasteiger partial charge is 0.407 e. The van der Waals surface area contributed by atoms with Crippen LogP contribution >= 0.6 is 11.3 Å². The molecule has 10 nitrogen and oxygen atoms in total. The summed E-state index contributed by atoms with van der Waals surface area (Å²) < 4.78 is 0. The van der Waals surface area contributed by atoms with Crippen molar-refractivity contribution in [2.75, 3.05) is 30.8 Å². The third-order valence-electron chi connectivity index (χ3n) is 4.42. The van der Waals surface area contributed by atoms with Gasteiger partial charge < -0.3 is 25.7 Å². The topological polar surface area (TPSA) is 145 Å². The van der Waals surface area contributed by atoms with Crippen LogP contribution in [-0.4, -0.2) is 63.0 Å². The van der Waals surface area contributed by atoms with E-state index in [9.17, 15) is 19.5 Å². The Bertz CT molecular complexity index is 1010. The molecule has 1 aliphatic carbocycles. The molecule has 3 rings (SSSR count). The molecule has 0 spiro atoms. The summed E-state index contributed by atoms with van der Waals surface area (Å²) in [5, 5.41) is 25.2. The molecule has 0 saturated heterocycles. The highest BCUT2D eigenvalue weighted by molar-refractivity contribution is 7.18. The van der Waals surface area contributed by atoms with Crippen LogP contribution in [-0.2, 0) is 11.2 Å². The second kappa shape index (κ2) is 8.91. The van der Waals surface area contributed by atoms with Crippen LogP contribution in [0.3, 0.4) is 0 Å². The van der Waals surface area contributed by atoms with Gasteiger partial charge in [-0.25, -0.2) is 14.8 Å². The highest BCUT2D eigenvalue weighted by Crippen LogP contribution is 2.34. The molecule has 4 N–H and O–H groups in total. The molecule has 2 heterocycles. The molecule has 0 atom stereocenters. The van der Waals surface area contributed by atoms with Gasteiger partial charge in [0.05, 0.1) is 5.69 Å². The van der Waals surface area contributed by atoms with Crippen LogP contribution in [0.25, 0.3) is 5.76 Å². The Labute approximate surface area is 176 Å². The number of carbonyl (C=O) groups excluding carboxylic acids is 2. The molecule has 11 heteroatoms. The summed E-state index contributed by atoms with van der Waals surface area (Å²) in [7, 11) is 1.28. The Morgan fingerprint density at radius 1 is 1.27 bits per heavy atom. The average Bonchev–Trinajstić information content (AvgIpc) is 3.11. The number of aromatic nitrogens is 2. The number of rotatable bonds is 6. The predicted molar refractivity (Wildman–Crippen MR) is 112 cm³/mol. The molecule has 0 bridgehead atoms. The molecule has 2 aromatic heterocycles. The van der Waals surface area contributed by atoms with Gasteiger partial charge in [0, 0.05) is 30.9 Å². The number of hydrogen-bond donors (Lipinski definition) is 4. The maximum atomic E-state index is 12.9. The zero-order valence-electron chi connectivity index (χ0n) is 16.4. The summed E-state index contributed by atoms with van der Waals surface area (Å²) in [6.07, 6.45) is 1.02. The van der Waals surface area contributed by atoms with E-state index in [2.05, 4.69) is 20.6 Å². The number of anilines is 2. The number of thiazole rings is 1. The fourth-order valence-electron chi connectivity index (χ4n) is 2.91. The largest absolute Gasteiger partial charge is 0.507 e. The Morgan fingerprint density at radius 3 is 2.67 bits per heavy atom. The van der Waals surface area contributed by atoms with E-state index < -0.39 is 12.0 Å². The number of aliphatic hydroxyl groups is 1. The van der Waals surface area contributed by atoms with E-state index in [-0.39, 0.29) is 28.8 Å². The number of likely N-dealkylation sites (N-methyl/N-ethyl adjacent to an activating group) is 1. The van der Waals surface area contributed by atoms with Gasteiger partial charge in [0.25, 0.3) is 0 Å².